The van der Waals surface area contributed by atoms with Gasteiger partial charge in [0.05, 0.1) is 13.7 Å². The molecule has 0 radical (unpaired) electrons. The van der Waals surface area contributed by atoms with E-state index in [1.807, 2.05) is 19.9 Å². The fraction of sp³-hybridized carbons (Fsp3) is 0.412. The number of methoxy groups -OCH3 is 1. The number of hydrogen-bond acceptors (Lipinski definition) is 4. The number of carbonyl (C=O) groups is 1. The van der Waals surface area contributed by atoms with Gasteiger partial charge in [0.15, 0.2) is 11.5 Å². The van der Waals surface area contributed by atoms with Crippen molar-refractivity contribution in [3.05, 3.63) is 29.3 Å². The third-order valence-corrected chi connectivity index (χ3v) is 2.86. The van der Waals surface area contributed by atoms with E-state index in [0.29, 0.717) is 30.2 Å². The largest absolute Gasteiger partial charge is 0.493 e. The quantitative estimate of drug-likeness (QED) is 0.592. The van der Waals surface area contributed by atoms with Crippen LogP contribution in [0.3, 0.4) is 0 Å². The molecule has 5 heteroatoms. The number of rotatable bonds is 8. The Morgan fingerprint density at radius 2 is 2.09 bits per heavy atom. The van der Waals surface area contributed by atoms with Gasteiger partial charge < -0.3 is 14.8 Å². The van der Waals surface area contributed by atoms with E-state index in [4.69, 9.17) is 14.7 Å². The van der Waals surface area contributed by atoms with E-state index in [0.717, 1.165) is 12.8 Å². The maximum absolute atomic E-state index is 11.8. The van der Waals surface area contributed by atoms with Gasteiger partial charge in [0, 0.05) is 6.54 Å². The summed E-state index contributed by atoms with van der Waals surface area (Å²) in [6.45, 7) is 5.13. The van der Waals surface area contributed by atoms with E-state index >= 15 is 0 Å². The SMILES string of the molecule is CCCNC(=O)/C(C#N)=C\c1ccc(OCCC)c(OC)c1. The maximum Gasteiger partial charge on any atom is 0.261 e. The molecule has 0 aromatic heterocycles. The number of nitriles is 1. The summed E-state index contributed by atoms with van der Waals surface area (Å²) in [5.74, 6) is 0.860. The minimum absolute atomic E-state index is 0.0673. The van der Waals surface area contributed by atoms with Gasteiger partial charge in [0.1, 0.15) is 11.6 Å². The molecular weight excluding hydrogens is 280 g/mol. The number of ether oxygens (including phenoxy) is 2. The van der Waals surface area contributed by atoms with Crippen molar-refractivity contribution in [2.75, 3.05) is 20.3 Å². The molecule has 0 fully saturated rings. The Morgan fingerprint density at radius 3 is 2.68 bits per heavy atom. The van der Waals surface area contributed by atoms with Crippen LogP contribution in [0, 0.1) is 11.3 Å². The van der Waals surface area contributed by atoms with Crippen LogP contribution in [0.2, 0.25) is 0 Å². The number of hydrogen-bond donors (Lipinski definition) is 1. The highest BCUT2D eigenvalue weighted by Gasteiger charge is 2.10. The normalized spacial score (nSPS) is 10.7. The number of nitrogens with one attached hydrogen (secondary N) is 1. The van der Waals surface area contributed by atoms with Crippen molar-refractivity contribution in [2.24, 2.45) is 0 Å². The van der Waals surface area contributed by atoms with Crippen LogP contribution in [-0.4, -0.2) is 26.2 Å². The van der Waals surface area contributed by atoms with E-state index in [2.05, 4.69) is 5.32 Å². The number of nitrogens with zero attached hydrogens (tertiary/aromatic N) is 1. The number of benzene rings is 1. The fourth-order valence-corrected chi connectivity index (χ4v) is 1.75. The van der Waals surface area contributed by atoms with E-state index in [1.54, 1.807) is 25.3 Å². The highest BCUT2D eigenvalue weighted by molar-refractivity contribution is 6.01. The average Bonchev–Trinajstić information content (AvgIpc) is 2.55. The molecule has 0 spiro atoms. The second-order valence-corrected chi connectivity index (χ2v) is 4.68. The molecule has 0 unspecified atom stereocenters. The van der Waals surface area contributed by atoms with Crippen LogP contribution < -0.4 is 14.8 Å². The van der Waals surface area contributed by atoms with Crippen molar-refractivity contribution in [2.45, 2.75) is 26.7 Å². The van der Waals surface area contributed by atoms with Crippen LogP contribution in [-0.2, 0) is 4.79 Å². The first-order chi connectivity index (χ1) is 10.7. The Balaban J connectivity index is 2.98. The monoisotopic (exact) mass is 302 g/mol. The van der Waals surface area contributed by atoms with Crippen molar-refractivity contribution in [3.63, 3.8) is 0 Å². The summed E-state index contributed by atoms with van der Waals surface area (Å²) in [6, 6.07) is 7.23. The van der Waals surface area contributed by atoms with E-state index in [-0.39, 0.29) is 11.5 Å². The van der Waals surface area contributed by atoms with E-state index in [9.17, 15) is 4.79 Å². The number of carbonyl (C=O) groups excluding carboxylic acids is 1. The molecule has 1 amide bonds. The second kappa shape index (κ2) is 9.46. The predicted octanol–water partition coefficient (Wildman–Crippen LogP) is 2.92. The Kier molecular flexibility index (Phi) is 7.55. The van der Waals surface area contributed by atoms with Crippen LogP contribution in [0.5, 0.6) is 11.5 Å². The fourth-order valence-electron chi connectivity index (χ4n) is 1.75. The zero-order valence-electron chi connectivity index (χ0n) is 13.3. The zero-order valence-corrected chi connectivity index (χ0v) is 13.3. The van der Waals surface area contributed by atoms with E-state index < -0.39 is 0 Å². The van der Waals surface area contributed by atoms with Crippen LogP contribution in [0.15, 0.2) is 23.8 Å². The molecule has 0 saturated heterocycles. The van der Waals surface area contributed by atoms with Gasteiger partial charge in [-0.25, -0.2) is 0 Å². The van der Waals surface area contributed by atoms with Gasteiger partial charge in [-0.1, -0.05) is 19.9 Å². The molecule has 22 heavy (non-hydrogen) atoms. The summed E-state index contributed by atoms with van der Waals surface area (Å²) in [7, 11) is 1.56. The molecule has 1 aromatic rings. The predicted molar refractivity (Wildman–Crippen MR) is 85.7 cm³/mol. The molecule has 1 rings (SSSR count). The van der Waals surface area contributed by atoms with Gasteiger partial charge in [0.2, 0.25) is 0 Å². The molecule has 1 aromatic carbocycles. The first kappa shape index (κ1) is 17.6. The minimum atomic E-state index is -0.366. The highest BCUT2D eigenvalue weighted by Crippen LogP contribution is 2.29. The first-order valence-electron chi connectivity index (χ1n) is 7.37. The lowest BCUT2D eigenvalue weighted by atomic mass is 10.1. The smallest absolute Gasteiger partial charge is 0.261 e. The second-order valence-electron chi connectivity index (χ2n) is 4.68. The standard InChI is InChI=1S/C17H22N2O3/c1-4-8-19-17(20)14(12-18)10-13-6-7-15(22-9-5-2)16(11-13)21-3/h6-7,10-11H,4-5,8-9H2,1-3H3,(H,19,20)/b14-10-. The van der Waals surface area contributed by atoms with Crippen molar-refractivity contribution < 1.29 is 14.3 Å². The zero-order chi connectivity index (χ0) is 16.4. The van der Waals surface area contributed by atoms with Gasteiger partial charge >= 0.3 is 0 Å². The molecule has 0 aliphatic heterocycles. The van der Waals surface area contributed by atoms with Crippen LogP contribution in [0.1, 0.15) is 32.3 Å². The molecule has 0 atom stereocenters. The molecule has 1 N–H and O–H groups in total. The molecule has 0 heterocycles. The first-order valence-corrected chi connectivity index (χ1v) is 7.37. The molecule has 0 aliphatic carbocycles. The Bertz CT molecular complexity index is 574. The molecule has 0 saturated carbocycles. The van der Waals surface area contributed by atoms with E-state index in [1.165, 1.54) is 6.08 Å². The topological polar surface area (TPSA) is 71.4 Å². The van der Waals surface area contributed by atoms with Crippen LogP contribution in [0.25, 0.3) is 6.08 Å². The lowest BCUT2D eigenvalue weighted by molar-refractivity contribution is -0.117. The van der Waals surface area contributed by atoms with Gasteiger partial charge in [-0.3, -0.25) is 4.79 Å². The lowest BCUT2D eigenvalue weighted by Crippen LogP contribution is -2.25. The Labute approximate surface area is 131 Å². The molecule has 0 aliphatic rings. The van der Waals surface area contributed by atoms with Gasteiger partial charge in [0.25, 0.3) is 5.91 Å². The summed E-state index contributed by atoms with van der Waals surface area (Å²) in [6.07, 6.45) is 3.26. The van der Waals surface area contributed by atoms with Crippen molar-refractivity contribution in [3.8, 4) is 17.6 Å². The van der Waals surface area contributed by atoms with Gasteiger partial charge in [-0.2, -0.15) is 5.26 Å². The summed E-state index contributed by atoms with van der Waals surface area (Å²) < 4.78 is 10.9. The summed E-state index contributed by atoms with van der Waals surface area (Å²) in [5.41, 5.74) is 0.779. The molecule has 5 nitrogen and oxygen atoms in total. The molecular formula is C17H22N2O3. The summed E-state index contributed by atoms with van der Waals surface area (Å²) >= 11 is 0. The summed E-state index contributed by atoms with van der Waals surface area (Å²) in [5, 5.41) is 11.8. The van der Waals surface area contributed by atoms with Crippen LogP contribution in [0.4, 0.5) is 0 Å². The van der Waals surface area contributed by atoms with Crippen molar-refractivity contribution in [1.29, 1.82) is 5.26 Å². The van der Waals surface area contributed by atoms with Gasteiger partial charge in [-0.05, 0) is 36.6 Å². The van der Waals surface area contributed by atoms with Gasteiger partial charge in [-0.15, -0.1) is 0 Å². The number of amides is 1. The maximum atomic E-state index is 11.8. The van der Waals surface area contributed by atoms with Crippen molar-refractivity contribution >= 4 is 12.0 Å². The molecule has 0 bridgehead atoms. The third-order valence-electron chi connectivity index (χ3n) is 2.86. The Hall–Kier alpha value is -2.48. The minimum Gasteiger partial charge on any atom is -0.493 e. The van der Waals surface area contributed by atoms with Crippen molar-refractivity contribution in [1.82, 2.24) is 5.32 Å². The summed E-state index contributed by atoms with van der Waals surface area (Å²) in [4.78, 5) is 11.8. The Morgan fingerprint density at radius 1 is 1.32 bits per heavy atom. The highest BCUT2D eigenvalue weighted by atomic mass is 16.5. The lowest BCUT2D eigenvalue weighted by Gasteiger charge is -2.10. The van der Waals surface area contributed by atoms with Crippen LogP contribution >= 0.6 is 0 Å². The molecule has 118 valence electrons. The third kappa shape index (κ3) is 5.13. The average molecular weight is 302 g/mol.